The van der Waals surface area contributed by atoms with Crippen LogP contribution in [-0.4, -0.2) is 14.9 Å². The Kier molecular flexibility index (Phi) is 4.19. The molecule has 0 amide bonds. The van der Waals surface area contributed by atoms with Crippen molar-refractivity contribution in [2.24, 2.45) is 7.05 Å². The Labute approximate surface area is 122 Å². The summed E-state index contributed by atoms with van der Waals surface area (Å²) in [6.07, 6.45) is -0.209. The van der Waals surface area contributed by atoms with Gasteiger partial charge < -0.3 is 5.11 Å². The van der Waals surface area contributed by atoms with Gasteiger partial charge in [0.25, 0.3) is 0 Å². The molecule has 1 heterocycles. The van der Waals surface area contributed by atoms with Gasteiger partial charge in [0.1, 0.15) is 0 Å². The van der Waals surface area contributed by atoms with Crippen molar-refractivity contribution in [1.29, 1.82) is 0 Å². The van der Waals surface area contributed by atoms with Gasteiger partial charge in [-0.3, -0.25) is 4.68 Å². The van der Waals surface area contributed by atoms with Crippen LogP contribution >= 0.6 is 23.2 Å². The highest BCUT2D eigenvalue weighted by molar-refractivity contribution is 6.42. The van der Waals surface area contributed by atoms with E-state index >= 15 is 0 Å². The first-order chi connectivity index (χ1) is 8.91. The second-order valence-corrected chi connectivity index (χ2v) is 5.42. The summed E-state index contributed by atoms with van der Waals surface area (Å²) in [6.45, 7) is 3.93. The Balaban J connectivity index is 2.31. The monoisotopic (exact) mass is 298 g/mol. The van der Waals surface area contributed by atoms with Gasteiger partial charge in [0.15, 0.2) is 0 Å². The van der Waals surface area contributed by atoms with E-state index in [2.05, 4.69) is 5.10 Å². The maximum atomic E-state index is 10.4. The molecule has 19 heavy (non-hydrogen) atoms. The summed E-state index contributed by atoms with van der Waals surface area (Å²) in [5.74, 6) is 0. The molecule has 1 aromatic heterocycles. The maximum absolute atomic E-state index is 10.4. The molecule has 1 N–H and O–H groups in total. The van der Waals surface area contributed by atoms with Crippen molar-refractivity contribution in [3.63, 3.8) is 0 Å². The summed E-state index contributed by atoms with van der Waals surface area (Å²) in [5.41, 5.74) is 3.68. The van der Waals surface area contributed by atoms with E-state index in [1.54, 1.807) is 18.2 Å². The molecule has 0 saturated carbocycles. The number of hydrogen-bond acceptors (Lipinski definition) is 2. The van der Waals surface area contributed by atoms with Gasteiger partial charge in [0, 0.05) is 24.7 Å². The summed E-state index contributed by atoms with van der Waals surface area (Å²) in [5, 5.41) is 15.6. The molecule has 1 atom stereocenters. The lowest BCUT2D eigenvalue weighted by atomic mass is 10.00. The first-order valence-electron chi connectivity index (χ1n) is 6.03. The molecule has 0 aliphatic carbocycles. The maximum Gasteiger partial charge on any atom is 0.0846 e. The SMILES string of the molecule is Cc1nn(C)c(C)c1CC(O)c1cccc(Cl)c1Cl. The zero-order chi connectivity index (χ0) is 14.2. The highest BCUT2D eigenvalue weighted by Gasteiger charge is 2.18. The van der Waals surface area contributed by atoms with Crippen LogP contribution in [0.3, 0.4) is 0 Å². The van der Waals surface area contributed by atoms with Crippen molar-refractivity contribution in [3.8, 4) is 0 Å². The molecule has 2 aromatic rings. The fourth-order valence-electron chi connectivity index (χ4n) is 2.19. The molecule has 2 rings (SSSR count). The van der Waals surface area contributed by atoms with E-state index in [1.807, 2.05) is 25.6 Å². The van der Waals surface area contributed by atoms with E-state index < -0.39 is 6.10 Å². The molecule has 102 valence electrons. The van der Waals surface area contributed by atoms with Crippen molar-refractivity contribution < 1.29 is 5.11 Å². The van der Waals surface area contributed by atoms with Gasteiger partial charge in [0.05, 0.1) is 21.8 Å². The van der Waals surface area contributed by atoms with Crippen LogP contribution in [0.2, 0.25) is 10.0 Å². The Bertz CT molecular complexity index is 608. The standard InChI is InChI=1S/C14H16Cl2N2O/c1-8-11(9(2)18(3)17-8)7-13(19)10-5-4-6-12(15)14(10)16/h4-6,13,19H,7H2,1-3H3. The third-order valence-corrected chi connectivity index (χ3v) is 4.23. The van der Waals surface area contributed by atoms with Crippen LogP contribution in [0, 0.1) is 13.8 Å². The predicted molar refractivity (Wildman–Crippen MR) is 77.8 cm³/mol. The number of aryl methyl sites for hydroxylation is 2. The average molecular weight is 299 g/mol. The van der Waals surface area contributed by atoms with Gasteiger partial charge >= 0.3 is 0 Å². The van der Waals surface area contributed by atoms with Crippen LogP contribution < -0.4 is 0 Å². The topological polar surface area (TPSA) is 38.0 Å². The largest absolute Gasteiger partial charge is 0.388 e. The summed E-state index contributed by atoms with van der Waals surface area (Å²) < 4.78 is 1.82. The number of hydrogen-bond donors (Lipinski definition) is 1. The Morgan fingerprint density at radius 3 is 2.58 bits per heavy atom. The lowest BCUT2D eigenvalue weighted by Gasteiger charge is -2.13. The Morgan fingerprint density at radius 2 is 2.00 bits per heavy atom. The second-order valence-electron chi connectivity index (χ2n) is 4.64. The smallest absolute Gasteiger partial charge is 0.0846 e. The van der Waals surface area contributed by atoms with E-state index in [4.69, 9.17) is 23.2 Å². The van der Waals surface area contributed by atoms with Gasteiger partial charge in [-0.15, -0.1) is 0 Å². The third-order valence-electron chi connectivity index (χ3n) is 3.40. The molecule has 5 heteroatoms. The first-order valence-corrected chi connectivity index (χ1v) is 6.78. The normalized spacial score (nSPS) is 12.7. The summed E-state index contributed by atoms with van der Waals surface area (Å²) >= 11 is 12.1. The number of nitrogens with zero attached hydrogens (tertiary/aromatic N) is 2. The summed E-state index contributed by atoms with van der Waals surface area (Å²) in [6, 6.07) is 5.29. The van der Waals surface area contributed by atoms with Crippen LogP contribution in [0.4, 0.5) is 0 Å². The Morgan fingerprint density at radius 1 is 1.32 bits per heavy atom. The molecule has 0 aliphatic heterocycles. The van der Waals surface area contributed by atoms with E-state index in [-0.39, 0.29) is 0 Å². The molecule has 0 saturated heterocycles. The molecule has 1 aromatic carbocycles. The van der Waals surface area contributed by atoms with Crippen molar-refractivity contribution in [3.05, 3.63) is 50.8 Å². The zero-order valence-corrected chi connectivity index (χ0v) is 12.6. The van der Waals surface area contributed by atoms with Gasteiger partial charge in [0.2, 0.25) is 0 Å². The molecule has 3 nitrogen and oxygen atoms in total. The zero-order valence-electron chi connectivity index (χ0n) is 11.1. The molecule has 0 fully saturated rings. The third kappa shape index (κ3) is 2.78. The molecular formula is C14H16Cl2N2O. The number of aliphatic hydroxyl groups excluding tert-OH is 1. The minimum atomic E-state index is -0.687. The van der Waals surface area contributed by atoms with Crippen molar-refractivity contribution in [1.82, 2.24) is 9.78 Å². The molecule has 0 aliphatic rings. The lowest BCUT2D eigenvalue weighted by molar-refractivity contribution is 0.178. The average Bonchev–Trinajstić information content (AvgIpc) is 2.59. The number of aliphatic hydroxyl groups is 1. The van der Waals surface area contributed by atoms with E-state index in [0.29, 0.717) is 22.0 Å². The quantitative estimate of drug-likeness (QED) is 0.940. The van der Waals surface area contributed by atoms with Gasteiger partial charge in [-0.1, -0.05) is 35.3 Å². The molecule has 0 radical (unpaired) electrons. The van der Waals surface area contributed by atoms with Crippen molar-refractivity contribution >= 4 is 23.2 Å². The van der Waals surface area contributed by atoms with E-state index in [0.717, 1.165) is 17.0 Å². The first kappa shape index (κ1) is 14.4. The number of halogens is 2. The molecule has 1 unspecified atom stereocenters. The molecular weight excluding hydrogens is 283 g/mol. The molecule has 0 bridgehead atoms. The Hall–Kier alpha value is -1.03. The van der Waals surface area contributed by atoms with Gasteiger partial charge in [-0.25, -0.2) is 0 Å². The fraction of sp³-hybridized carbons (Fsp3) is 0.357. The van der Waals surface area contributed by atoms with E-state index in [9.17, 15) is 5.11 Å². The summed E-state index contributed by atoms with van der Waals surface area (Å²) in [4.78, 5) is 0. The van der Waals surface area contributed by atoms with Crippen molar-refractivity contribution in [2.75, 3.05) is 0 Å². The second kappa shape index (κ2) is 5.53. The van der Waals surface area contributed by atoms with Crippen LogP contribution in [0.1, 0.15) is 28.6 Å². The van der Waals surface area contributed by atoms with Crippen LogP contribution in [0.25, 0.3) is 0 Å². The minimum Gasteiger partial charge on any atom is -0.388 e. The number of rotatable bonds is 3. The highest BCUT2D eigenvalue weighted by atomic mass is 35.5. The lowest BCUT2D eigenvalue weighted by Crippen LogP contribution is -2.05. The number of benzene rings is 1. The van der Waals surface area contributed by atoms with Crippen LogP contribution in [-0.2, 0) is 13.5 Å². The van der Waals surface area contributed by atoms with Gasteiger partial charge in [-0.2, -0.15) is 5.10 Å². The fourth-order valence-corrected chi connectivity index (χ4v) is 2.63. The number of aromatic nitrogens is 2. The van der Waals surface area contributed by atoms with Gasteiger partial charge in [-0.05, 0) is 25.5 Å². The van der Waals surface area contributed by atoms with E-state index in [1.165, 1.54) is 0 Å². The molecule has 0 spiro atoms. The van der Waals surface area contributed by atoms with Crippen molar-refractivity contribution in [2.45, 2.75) is 26.4 Å². The predicted octanol–water partition coefficient (Wildman–Crippen LogP) is 3.62. The van der Waals surface area contributed by atoms with Crippen LogP contribution in [0.15, 0.2) is 18.2 Å². The minimum absolute atomic E-state index is 0.413. The highest BCUT2D eigenvalue weighted by Crippen LogP contribution is 2.32. The summed E-state index contributed by atoms with van der Waals surface area (Å²) in [7, 11) is 1.89. The van der Waals surface area contributed by atoms with Crippen LogP contribution in [0.5, 0.6) is 0 Å².